The number of nitrogens with one attached hydrogen (secondary N) is 1. The molecule has 0 heterocycles. The molecule has 3 nitrogen and oxygen atoms in total. The van der Waals surface area contributed by atoms with Crippen molar-refractivity contribution in [2.75, 3.05) is 27.2 Å². The van der Waals surface area contributed by atoms with Crippen LogP contribution in [0.3, 0.4) is 0 Å². The van der Waals surface area contributed by atoms with E-state index in [0.29, 0.717) is 5.92 Å². The number of hydrogen-bond acceptors (Lipinski definition) is 2. The van der Waals surface area contributed by atoms with Crippen molar-refractivity contribution in [1.82, 2.24) is 10.2 Å². The van der Waals surface area contributed by atoms with E-state index in [2.05, 4.69) is 48.3 Å². The SMILES string of the molecule is CCC(CC)c1cccc([C@@H](C)C(=O)NCCCN(C)C)c1. The van der Waals surface area contributed by atoms with Crippen LogP contribution in [0.5, 0.6) is 0 Å². The Hall–Kier alpha value is -1.35. The lowest BCUT2D eigenvalue weighted by Gasteiger charge is -2.17. The van der Waals surface area contributed by atoms with Gasteiger partial charge in [0.15, 0.2) is 0 Å². The van der Waals surface area contributed by atoms with Crippen molar-refractivity contribution in [3.8, 4) is 0 Å². The first kappa shape index (κ1) is 18.7. The van der Waals surface area contributed by atoms with Crippen LogP contribution in [0.2, 0.25) is 0 Å². The Bertz CT molecular complexity index is 453. The highest BCUT2D eigenvalue weighted by molar-refractivity contribution is 5.83. The summed E-state index contributed by atoms with van der Waals surface area (Å²) in [5.74, 6) is 0.629. The zero-order valence-corrected chi connectivity index (χ0v) is 14.9. The van der Waals surface area contributed by atoms with Crippen LogP contribution in [0.4, 0.5) is 0 Å². The smallest absolute Gasteiger partial charge is 0.227 e. The van der Waals surface area contributed by atoms with Crippen LogP contribution in [0.1, 0.15) is 63.0 Å². The van der Waals surface area contributed by atoms with Gasteiger partial charge >= 0.3 is 0 Å². The zero-order chi connectivity index (χ0) is 16.5. The van der Waals surface area contributed by atoms with Crippen molar-refractivity contribution < 1.29 is 4.79 Å². The van der Waals surface area contributed by atoms with Gasteiger partial charge in [-0.15, -0.1) is 0 Å². The minimum absolute atomic E-state index is 0.0892. The van der Waals surface area contributed by atoms with Gasteiger partial charge in [0.05, 0.1) is 5.92 Å². The first-order valence-electron chi connectivity index (χ1n) is 8.51. The Labute approximate surface area is 136 Å². The van der Waals surface area contributed by atoms with Crippen LogP contribution in [0, 0.1) is 0 Å². The van der Waals surface area contributed by atoms with E-state index in [1.165, 1.54) is 5.56 Å². The highest BCUT2D eigenvalue weighted by atomic mass is 16.1. The van der Waals surface area contributed by atoms with Crippen LogP contribution in [-0.2, 0) is 4.79 Å². The Balaban J connectivity index is 2.62. The molecule has 0 saturated carbocycles. The molecule has 0 aliphatic carbocycles. The standard InChI is InChI=1S/C19H32N2O/c1-6-16(7-2)18-11-8-10-17(14-18)15(3)19(22)20-12-9-13-21(4)5/h8,10-11,14-16H,6-7,9,12-13H2,1-5H3,(H,20,22)/t15-/m1/s1. The maximum absolute atomic E-state index is 12.3. The normalized spacial score (nSPS) is 12.7. The molecule has 1 rings (SSSR count). The van der Waals surface area contributed by atoms with Crippen molar-refractivity contribution in [1.29, 1.82) is 0 Å². The number of hydrogen-bond donors (Lipinski definition) is 1. The monoisotopic (exact) mass is 304 g/mol. The number of carbonyl (C=O) groups is 1. The molecule has 1 N–H and O–H groups in total. The molecular formula is C19H32N2O. The number of rotatable bonds is 9. The Morgan fingerprint density at radius 1 is 1.18 bits per heavy atom. The van der Waals surface area contributed by atoms with Crippen LogP contribution in [0.25, 0.3) is 0 Å². The van der Waals surface area contributed by atoms with Gasteiger partial charge in [0, 0.05) is 6.54 Å². The molecule has 0 aromatic heterocycles. The molecule has 1 aromatic carbocycles. The number of amides is 1. The van der Waals surface area contributed by atoms with E-state index in [1.807, 2.05) is 21.0 Å². The van der Waals surface area contributed by atoms with Gasteiger partial charge in [0.1, 0.15) is 0 Å². The number of carbonyl (C=O) groups excluding carboxylic acids is 1. The highest BCUT2D eigenvalue weighted by Gasteiger charge is 2.16. The molecule has 0 unspecified atom stereocenters. The molecule has 3 heteroatoms. The van der Waals surface area contributed by atoms with Gasteiger partial charge in [0.25, 0.3) is 0 Å². The fourth-order valence-corrected chi connectivity index (χ4v) is 2.75. The van der Waals surface area contributed by atoms with E-state index in [-0.39, 0.29) is 11.8 Å². The summed E-state index contributed by atoms with van der Waals surface area (Å²) in [5, 5.41) is 3.05. The molecular weight excluding hydrogens is 272 g/mol. The van der Waals surface area contributed by atoms with Gasteiger partial charge in [-0.1, -0.05) is 38.1 Å². The van der Waals surface area contributed by atoms with Gasteiger partial charge in [-0.3, -0.25) is 4.79 Å². The summed E-state index contributed by atoms with van der Waals surface area (Å²) in [4.78, 5) is 14.4. The third-order valence-electron chi connectivity index (χ3n) is 4.34. The molecule has 0 aliphatic rings. The van der Waals surface area contributed by atoms with Crippen molar-refractivity contribution in [3.05, 3.63) is 35.4 Å². The highest BCUT2D eigenvalue weighted by Crippen LogP contribution is 2.26. The van der Waals surface area contributed by atoms with E-state index in [0.717, 1.165) is 37.9 Å². The zero-order valence-electron chi connectivity index (χ0n) is 14.9. The Morgan fingerprint density at radius 2 is 1.82 bits per heavy atom. The Morgan fingerprint density at radius 3 is 2.41 bits per heavy atom. The van der Waals surface area contributed by atoms with Gasteiger partial charge < -0.3 is 10.2 Å². The topological polar surface area (TPSA) is 32.3 Å². The summed E-state index contributed by atoms with van der Waals surface area (Å²) < 4.78 is 0. The van der Waals surface area contributed by atoms with E-state index in [9.17, 15) is 4.79 Å². The molecule has 1 amide bonds. The predicted octanol–water partition coefficient (Wildman–Crippen LogP) is 3.76. The van der Waals surface area contributed by atoms with Gasteiger partial charge in [-0.05, 0) is 63.9 Å². The molecule has 0 bridgehead atoms. The lowest BCUT2D eigenvalue weighted by atomic mass is 9.90. The van der Waals surface area contributed by atoms with Crippen LogP contribution in [-0.4, -0.2) is 38.0 Å². The third kappa shape index (κ3) is 5.80. The maximum Gasteiger partial charge on any atom is 0.227 e. The second kappa shape index (κ2) is 9.62. The lowest BCUT2D eigenvalue weighted by Crippen LogP contribution is -2.30. The summed E-state index contributed by atoms with van der Waals surface area (Å²) in [5.41, 5.74) is 2.48. The second-order valence-electron chi connectivity index (χ2n) is 6.35. The molecule has 1 atom stereocenters. The second-order valence-corrected chi connectivity index (χ2v) is 6.35. The number of benzene rings is 1. The molecule has 1 aromatic rings. The molecule has 0 aliphatic heterocycles. The Kier molecular flexibility index (Phi) is 8.18. The molecule has 124 valence electrons. The van der Waals surface area contributed by atoms with Crippen molar-refractivity contribution >= 4 is 5.91 Å². The first-order valence-corrected chi connectivity index (χ1v) is 8.51. The molecule has 0 radical (unpaired) electrons. The summed E-state index contributed by atoms with van der Waals surface area (Å²) in [6.45, 7) is 8.18. The third-order valence-corrected chi connectivity index (χ3v) is 4.34. The first-order chi connectivity index (χ1) is 10.5. The summed E-state index contributed by atoms with van der Waals surface area (Å²) in [6, 6.07) is 8.54. The molecule has 0 spiro atoms. The molecule has 22 heavy (non-hydrogen) atoms. The molecule has 0 fully saturated rings. The van der Waals surface area contributed by atoms with E-state index >= 15 is 0 Å². The van der Waals surface area contributed by atoms with Crippen LogP contribution >= 0.6 is 0 Å². The average molecular weight is 304 g/mol. The summed E-state index contributed by atoms with van der Waals surface area (Å²) in [7, 11) is 4.10. The fraction of sp³-hybridized carbons (Fsp3) is 0.632. The summed E-state index contributed by atoms with van der Waals surface area (Å²) >= 11 is 0. The van der Waals surface area contributed by atoms with Crippen LogP contribution < -0.4 is 5.32 Å². The minimum atomic E-state index is -0.0892. The lowest BCUT2D eigenvalue weighted by molar-refractivity contribution is -0.122. The van der Waals surface area contributed by atoms with E-state index < -0.39 is 0 Å². The predicted molar refractivity (Wildman–Crippen MR) is 94.4 cm³/mol. The van der Waals surface area contributed by atoms with Crippen molar-refractivity contribution in [2.24, 2.45) is 0 Å². The van der Waals surface area contributed by atoms with E-state index in [1.54, 1.807) is 0 Å². The van der Waals surface area contributed by atoms with Crippen molar-refractivity contribution in [3.63, 3.8) is 0 Å². The van der Waals surface area contributed by atoms with Gasteiger partial charge in [-0.25, -0.2) is 0 Å². The minimum Gasteiger partial charge on any atom is -0.356 e. The van der Waals surface area contributed by atoms with Gasteiger partial charge in [0.2, 0.25) is 5.91 Å². The number of nitrogens with zero attached hydrogens (tertiary/aromatic N) is 1. The largest absolute Gasteiger partial charge is 0.356 e. The quantitative estimate of drug-likeness (QED) is 0.705. The van der Waals surface area contributed by atoms with Crippen molar-refractivity contribution in [2.45, 2.75) is 51.9 Å². The molecule has 0 saturated heterocycles. The van der Waals surface area contributed by atoms with E-state index in [4.69, 9.17) is 0 Å². The fourth-order valence-electron chi connectivity index (χ4n) is 2.75. The van der Waals surface area contributed by atoms with Gasteiger partial charge in [-0.2, -0.15) is 0 Å². The van der Waals surface area contributed by atoms with Crippen LogP contribution in [0.15, 0.2) is 24.3 Å². The average Bonchev–Trinajstić information content (AvgIpc) is 2.52. The maximum atomic E-state index is 12.3. The summed E-state index contributed by atoms with van der Waals surface area (Å²) in [6.07, 6.45) is 3.27.